The Morgan fingerprint density at radius 3 is 3.00 bits per heavy atom. The molecule has 1 aromatic rings. The molecule has 0 bridgehead atoms. The Morgan fingerprint density at radius 1 is 1.50 bits per heavy atom. The molecule has 1 aromatic carbocycles. The molecule has 1 aliphatic rings. The molecule has 1 atom stereocenters. The minimum absolute atomic E-state index is 0.146. The number of hydrogen-bond acceptors (Lipinski definition) is 4. The van der Waals surface area contributed by atoms with Crippen LogP contribution in [0.1, 0.15) is 12.5 Å². The third-order valence-electron chi connectivity index (χ3n) is 3.06. The van der Waals surface area contributed by atoms with Crippen LogP contribution in [0.15, 0.2) is 23.1 Å². The predicted molar refractivity (Wildman–Crippen MR) is 70.3 cm³/mol. The van der Waals surface area contributed by atoms with Gasteiger partial charge in [-0.25, -0.2) is 13.1 Å². The maximum absolute atomic E-state index is 12.1. The number of rotatable bonds is 5. The highest BCUT2D eigenvalue weighted by atomic mass is 32.2. The SMILES string of the molecule is COC(C)CNS(=O)(=O)c1ccc2c(c1)NCC2. The summed E-state index contributed by atoms with van der Waals surface area (Å²) in [6.45, 7) is 2.95. The van der Waals surface area contributed by atoms with E-state index in [1.165, 1.54) is 5.56 Å². The zero-order valence-corrected chi connectivity index (χ0v) is 11.4. The van der Waals surface area contributed by atoms with E-state index in [0.717, 1.165) is 18.7 Å². The average Bonchev–Trinajstić information content (AvgIpc) is 2.83. The molecule has 1 unspecified atom stereocenters. The number of ether oxygens (including phenoxy) is 1. The van der Waals surface area contributed by atoms with E-state index >= 15 is 0 Å². The van der Waals surface area contributed by atoms with E-state index in [2.05, 4.69) is 10.0 Å². The second-order valence-corrected chi connectivity index (χ2v) is 6.16. The molecule has 5 nitrogen and oxygen atoms in total. The quantitative estimate of drug-likeness (QED) is 0.836. The Hall–Kier alpha value is -1.11. The van der Waals surface area contributed by atoms with Crippen LogP contribution in [-0.2, 0) is 21.2 Å². The van der Waals surface area contributed by atoms with Crippen LogP contribution in [0.4, 0.5) is 5.69 Å². The van der Waals surface area contributed by atoms with Crippen LogP contribution in [0.3, 0.4) is 0 Å². The van der Waals surface area contributed by atoms with Gasteiger partial charge in [0.2, 0.25) is 10.0 Å². The molecule has 0 aromatic heterocycles. The number of benzene rings is 1. The van der Waals surface area contributed by atoms with Gasteiger partial charge in [-0.2, -0.15) is 0 Å². The normalized spacial score (nSPS) is 16.1. The molecule has 2 rings (SSSR count). The maximum atomic E-state index is 12.1. The molecule has 18 heavy (non-hydrogen) atoms. The zero-order chi connectivity index (χ0) is 13.2. The first-order valence-corrected chi connectivity index (χ1v) is 7.40. The van der Waals surface area contributed by atoms with Gasteiger partial charge in [-0.15, -0.1) is 0 Å². The molecular weight excluding hydrogens is 252 g/mol. The molecule has 100 valence electrons. The number of sulfonamides is 1. The fraction of sp³-hybridized carbons (Fsp3) is 0.500. The second-order valence-electron chi connectivity index (χ2n) is 4.39. The smallest absolute Gasteiger partial charge is 0.240 e. The molecule has 0 saturated carbocycles. The van der Waals surface area contributed by atoms with Crippen LogP contribution in [0.2, 0.25) is 0 Å². The fourth-order valence-corrected chi connectivity index (χ4v) is 2.97. The van der Waals surface area contributed by atoms with Crippen LogP contribution in [0.5, 0.6) is 0 Å². The van der Waals surface area contributed by atoms with Crippen LogP contribution >= 0.6 is 0 Å². The summed E-state index contributed by atoms with van der Waals surface area (Å²) in [5.74, 6) is 0. The Bertz CT molecular complexity index is 528. The highest BCUT2D eigenvalue weighted by Gasteiger charge is 2.18. The van der Waals surface area contributed by atoms with E-state index in [9.17, 15) is 8.42 Å². The molecule has 1 aliphatic heterocycles. The van der Waals surface area contributed by atoms with Gasteiger partial charge in [0.1, 0.15) is 0 Å². The summed E-state index contributed by atoms with van der Waals surface area (Å²) < 4.78 is 31.7. The fourth-order valence-electron chi connectivity index (χ4n) is 1.83. The van der Waals surface area contributed by atoms with Gasteiger partial charge >= 0.3 is 0 Å². The first-order chi connectivity index (χ1) is 8.53. The third kappa shape index (κ3) is 2.82. The molecule has 0 saturated heterocycles. The molecule has 0 amide bonds. The lowest BCUT2D eigenvalue weighted by atomic mass is 10.2. The van der Waals surface area contributed by atoms with E-state index in [0.29, 0.717) is 4.90 Å². The predicted octanol–water partition coefficient (Wildman–Crippen LogP) is 0.968. The average molecular weight is 270 g/mol. The summed E-state index contributed by atoms with van der Waals surface area (Å²) in [5.41, 5.74) is 2.08. The Morgan fingerprint density at radius 2 is 2.28 bits per heavy atom. The number of methoxy groups -OCH3 is 1. The van der Waals surface area contributed by atoms with E-state index in [-0.39, 0.29) is 12.6 Å². The first kappa shape index (κ1) is 13.3. The highest BCUT2D eigenvalue weighted by molar-refractivity contribution is 7.89. The number of nitrogens with one attached hydrogen (secondary N) is 2. The van der Waals surface area contributed by atoms with Gasteiger partial charge in [0.25, 0.3) is 0 Å². The lowest BCUT2D eigenvalue weighted by molar-refractivity contribution is 0.122. The van der Waals surface area contributed by atoms with Crippen molar-refractivity contribution in [1.29, 1.82) is 0 Å². The van der Waals surface area contributed by atoms with Crippen molar-refractivity contribution >= 4 is 15.7 Å². The van der Waals surface area contributed by atoms with Gasteiger partial charge in [0.15, 0.2) is 0 Å². The Labute approximate surface area is 108 Å². The number of anilines is 1. The van der Waals surface area contributed by atoms with Crippen molar-refractivity contribution in [2.75, 3.05) is 25.5 Å². The minimum atomic E-state index is -3.46. The van der Waals surface area contributed by atoms with E-state index in [1.807, 2.05) is 13.0 Å². The van der Waals surface area contributed by atoms with Gasteiger partial charge in [0, 0.05) is 25.9 Å². The van der Waals surface area contributed by atoms with E-state index in [1.54, 1.807) is 19.2 Å². The lowest BCUT2D eigenvalue weighted by Gasteiger charge is -2.12. The van der Waals surface area contributed by atoms with Crippen LogP contribution in [0.25, 0.3) is 0 Å². The molecule has 0 spiro atoms. The van der Waals surface area contributed by atoms with Crippen LogP contribution in [0, 0.1) is 0 Å². The van der Waals surface area contributed by atoms with Crippen LogP contribution < -0.4 is 10.0 Å². The van der Waals surface area contributed by atoms with Crippen LogP contribution in [-0.4, -0.2) is 34.7 Å². The van der Waals surface area contributed by atoms with Gasteiger partial charge < -0.3 is 10.1 Å². The number of hydrogen-bond donors (Lipinski definition) is 2. The summed E-state index contributed by atoms with van der Waals surface area (Å²) in [4.78, 5) is 0.291. The molecule has 1 heterocycles. The summed E-state index contributed by atoms with van der Waals surface area (Å²) >= 11 is 0. The maximum Gasteiger partial charge on any atom is 0.240 e. The monoisotopic (exact) mass is 270 g/mol. The molecular formula is C12H18N2O3S. The molecule has 0 aliphatic carbocycles. The van der Waals surface area contributed by atoms with E-state index < -0.39 is 10.0 Å². The highest BCUT2D eigenvalue weighted by Crippen LogP contribution is 2.25. The number of fused-ring (bicyclic) bond motifs is 1. The van der Waals surface area contributed by atoms with Crippen molar-refractivity contribution in [3.8, 4) is 0 Å². The first-order valence-electron chi connectivity index (χ1n) is 5.92. The standard InChI is InChI=1S/C12H18N2O3S/c1-9(17-2)8-14-18(15,16)11-4-3-10-5-6-13-12(10)7-11/h3-4,7,9,13-14H,5-6,8H2,1-2H3. The molecule has 6 heteroatoms. The summed E-state index contributed by atoms with van der Waals surface area (Å²) in [6.07, 6.45) is 0.802. The Kier molecular flexibility index (Phi) is 3.89. The van der Waals surface area contributed by atoms with Crippen molar-refractivity contribution in [2.24, 2.45) is 0 Å². The van der Waals surface area contributed by atoms with Gasteiger partial charge in [-0.1, -0.05) is 6.07 Å². The Balaban J connectivity index is 2.15. The summed E-state index contributed by atoms with van der Waals surface area (Å²) in [6, 6.07) is 5.19. The second kappa shape index (κ2) is 5.26. The molecule has 0 radical (unpaired) electrons. The van der Waals surface area contributed by atoms with Gasteiger partial charge in [-0.05, 0) is 31.0 Å². The summed E-state index contributed by atoms with van der Waals surface area (Å²) in [5, 5.41) is 3.17. The van der Waals surface area contributed by atoms with Gasteiger partial charge in [-0.3, -0.25) is 0 Å². The van der Waals surface area contributed by atoms with E-state index in [4.69, 9.17) is 4.74 Å². The zero-order valence-electron chi connectivity index (χ0n) is 10.6. The van der Waals surface area contributed by atoms with Crippen molar-refractivity contribution in [1.82, 2.24) is 4.72 Å². The largest absolute Gasteiger partial charge is 0.384 e. The van der Waals surface area contributed by atoms with Crippen molar-refractivity contribution < 1.29 is 13.2 Å². The van der Waals surface area contributed by atoms with Gasteiger partial charge in [0.05, 0.1) is 11.0 Å². The van der Waals surface area contributed by atoms with Crippen molar-refractivity contribution in [3.05, 3.63) is 23.8 Å². The summed E-state index contributed by atoms with van der Waals surface area (Å²) in [7, 11) is -1.90. The lowest BCUT2D eigenvalue weighted by Crippen LogP contribution is -2.31. The third-order valence-corrected chi connectivity index (χ3v) is 4.49. The van der Waals surface area contributed by atoms with Crippen molar-refractivity contribution in [3.63, 3.8) is 0 Å². The molecule has 0 fully saturated rings. The minimum Gasteiger partial charge on any atom is -0.384 e. The topological polar surface area (TPSA) is 67.4 Å². The van der Waals surface area contributed by atoms with Crippen molar-refractivity contribution in [2.45, 2.75) is 24.3 Å². The molecule has 2 N–H and O–H groups in total.